The number of hydrogen-bond acceptors (Lipinski definition) is 2. The van der Waals surface area contributed by atoms with Gasteiger partial charge in [0.25, 0.3) is 0 Å². The van der Waals surface area contributed by atoms with E-state index in [4.69, 9.17) is 16.3 Å². The molecule has 2 rings (SSSR count). The molecule has 0 aliphatic rings. The van der Waals surface area contributed by atoms with Crippen molar-refractivity contribution in [3.8, 4) is 5.75 Å². The van der Waals surface area contributed by atoms with Crippen LogP contribution in [0, 0.1) is 11.6 Å². The van der Waals surface area contributed by atoms with Gasteiger partial charge in [-0.1, -0.05) is 17.7 Å². The molecular formula is C14H11BrClF2NO. The van der Waals surface area contributed by atoms with Crippen molar-refractivity contribution in [3.63, 3.8) is 0 Å². The van der Waals surface area contributed by atoms with Gasteiger partial charge in [0.2, 0.25) is 0 Å². The topological polar surface area (TPSA) is 21.3 Å². The average Bonchev–Trinajstić information content (AvgIpc) is 2.37. The lowest BCUT2D eigenvalue weighted by Crippen LogP contribution is -2.04. The number of halogens is 4. The minimum atomic E-state index is -0.602. The van der Waals surface area contributed by atoms with Crippen molar-refractivity contribution < 1.29 is 13.5 Å². The Labute approximate surface area is 128 Å². The van der Waals surface area contributed by atoms with Crippen molar-refractivity contribution in [2.24, 2.45) is 0 Å². The molecule has 0 aliphatic heterocycles. The fourth-order valence-electron chi connectivity index (χ4n) is 1.75. The standard InChI is InChI=1S/C14H11BrClF2NO/c1-20-14-11(15)4-9(16)5-13(14)19-7-8-2-3-10(17)6-12(8)18/h2-6,19H,7H2,1H3. The minimum Gasteiger partial charge on any atom is -0.493 e. The molecule has 20 heavy (non-hydrogen) atoms. The number of ether oxygens (including phenoxy) is 1. The van der Waals surface area contributed by atoms with Gasteiger partial charge in [-0.25, -0.2) is 8.78 Å². The van der Waals surface area contributed by atoms with Crippen LogP contribution in [0.2, 0.25) is 5.02 Å². The first-order chi connectivity index (χ1) is 9.51. The van der Waals surface area contributed by atoms with Crippen molar-refractivity contribution in [1.82, 2.24) is 0 Å². The van der Waals surface area contributed by atoms with Crippen LogP contribution >= 0.6 is 27.5 Å². The molecule has 106 valence electrons. The Balaban J connectivity index is 2.22. The zero-order valence-corrected chi connectivity index (χ0v) is 12.9. The first-order valence-electron chi connectivity index (χ1n) is 5.72. The summed E-state index contributed by atoms with van der Waals surface area (Å²) in [4.78, 5) is 0. The van der Waals surface area contributed by atoms with E-state index in [0.29, 0.717) is 26.5 Å². The Kier molecular flexibility index (Phi) is 4.83. The number of rotatable bonds is 4. The monoisotopic (exact) mass is 361 g/mol. The second-order valence-electron chi connectivity index (χ2n) is 4.06. The van der Waals surface area contributed by atoms with Crippen molar-refractivity contribution in [3.05, 3.63) is 57.0 Å². The van der Waals surface area contributed by atoms with E-state index in [2.05, 4.69) is 21.2 Å². The van der Waals surface area contributed by atoms with Gasteiger partial charge in [0.05, 0.1) is 17.3 Å². The van der Waals surface area contributed by atoms with Gasteiger partial charge in [-0.2, -0.15) is 0 Å². The van der Waals surface area contributed by atoms with E-state index in [1.165, 1.54) is 19.2 Å². The molecule has 0 fully saturated rings. The fraction of sp³-hybridized carbons (Fsp3) is 0.143. The summed E-state index contributed by atoms with van der Waals surface area (Å²) < 4.78 is 32.3. The number of benzene rings is 2. The highest BCUT2D eigenvalue weighted by Crippen LogP contribution is 2.36. The van der Waals surface area contributed by atoms with Crippen LogP contribution in [-0.4, -0.2) is 7.11 Å². The van der Waals surface area contributed by atoms with Crippen LogP contribution in [-0.2, 0) is 6.54 Å². The number of hydrogen-bond donors (Lipinski definition) is 1. The van der Waals surface area contributed by atoms with Gasteiger partial charge in [-0.15, -0.1) is 0 Å². The summed E-state index contributed by atoms with van der Waals surface area (Å²) in [7, 11) is 1.53. The van der Waals surface area contributed by atoms with Crippen LogP contribution in [0.25, 0.3) is 0 Å². The van der Waals surface area contributed by atoms with Crippen molar-refractivity contribution in [1.29, 1.82) is 0 Å². The lowest BCUT2D eigenvalue weighted by Gasteiger charge is -2.13. The van der Waals surface area contributed by atoms with Crippen LogP contribution in [0.5, 0.6) is 5.75 Å². The fourth-order valence-corrected chi connectivity index (χ4v) is 2.73. The largest absolute Gasteiger partial charge is 0.493 e. The summed E-state index contributed by atoms with van der Waals surface area (Å²) in [5, 5.41) is 3.53. The molecule has 0 atom stereocenters. The normalized spacial score (nSPS) is 10.4. The first kappa shape index (κ1) is 15.1. The molecule has 0 bridgehead atoms. The Morgan fingerprint density at radius 1 is 1.25 bits per heavy atom. The van der Waals surface area contributed by atoms with E-state index in [-0.39, 0.29) is 6.54 Å². The third-order valence-electron chi connectivity index (χ3n) is 2.70. The minimum absolute atomic E-state index is 0.190. The van der Waals surface area contributed by atoms with E-state index < -0.39 is 11.6 Å². The van der Waals surface area contributed by atoms with Crippen LogP contribution in [0.15, 0.2) is 34.8 Å². The number of nitrogens with one attached hydrogen (secondary N) is 1. The van der Waals surface area contributed by atoms with Crippen LogP contribution in [0.3, 0.4) is 0 Å². The maximum Gasteiger partial charge on any atom is 0.156 e. The van der Waals surface area contributed by atoms with Gasteiger partial charge in [0, 0.05) is 23.2 Å². The SMILES string of the molecule is COc1c(Br)cc(Cl)cc1NCc1ccc(F)cc1F. The lowest BCUT2D eigenvalue weighted by atomic mass is 10.2. The third-order valence-corrected chi connectivity index (χ3v) is 3.50. The van der Waals surface area contributed by atoms with E-state index in [0.717, 1.165) is 6.07 Å². The molecule has 2 aromatic carbocycles. The molecule has 0 amide bonds. The second-order valence-corrected chi connectivity index (χ2v) is 5.35. The Morgan fingerprint density at radius 2 is 2.00 bits per heavy atom. The predicted molar refractivity (Wildman–Crippen MR) is 79.4 cm³/mol. The summed E-state index contributed by atoms with van der Waals surface area (Å²) in [6.45, 7) is 0.190. The maximum absolute atomic E-state index is 13.5. The van der Waals surface area contributed by atoms with Gasteiger partial charge in [0.15, 0.2) is 5.75 Å². The van der Waals surface area contributed by atoms with Crippen LogP contribution in [0.1, 0.15) is 5.56 Å². The Hall–Kier alpha value is -1.33. The molecule has 0 aliphatic carbocycles. The molecule has 6 heteroatoms. The number of methoxy groups -OCH3 is 1. The van der Waals surface area contributed by atoms with E-state index in [9.17, 15) is 8.78 Å². The molecular weight excluding hydrogens is 352 g/mol. The van der Waals surface area contributed by atoms with Crippen molar-refractivity contribution in [2.45, 2.75) is 6.54 Å². The van der Waals surface area contributed by atoms with Crippen molar-refractivity contribution in [2.75, 3.05) is 12.4 Å². The van der Waals surface area contributed by atoms with Crippen LogP contribution < -0.4 is 10.1 Å². The Bertz CT molecular complexity index is 637. The summed E-state index contributed by atoms with van der Waals surface area (Å²) in [5.74, 6) is -0.635. The first-order valence-corrected chi connectivity index (χ1v) is 6.89. The lowest BCUT2D eigenvalue weighted by molar-refractivity contribution is 0.414. The summed E-state index contributed by atoms with van der Waals surface area (Å²) in [5.41, 5.74) is 0.972. The quantitative estimate of drug-likeness (QED) is 0.826. The average molecular weight is 363 g/mol. The van der Waals surface area contributed by atoms with Gasteiger partial charge < -0.3 is 10.1 Å². The third kappa shape index (κ3) is 3.41. The van der Waals surface area contributed by atoms with Gasteiger partial charge in [-0.05, 0) is 34.1 Å². The van der Waals surface area contributed by atoms with Crippen molar-refractivity contribution >= 4 is 33.2 Å². The smallest absolute Gasteiger partial charge is 0.156 e. The molecule has 0 saturated carbocycles. The van der Waals surface area contributed by atoms with E-state index in [1.54, 1.807) is 12.1 Å². The zero-order valence-electron chi connectivity index (χ0n) is 10.5. The van der Waals surface area contributed by atoms with E-state index in [1.807, 2.05) is 0 Å². The highest BCUT2D eigenvalue weighted by atomic mass is 79.9. The molecule has 1 N–H and O–H groups in total. The summed E-state index contributed by atoms with van der Waals surface area (Å²) in [6.07, 6.45) is 0. The van der Waals surface area contributed by atoms with Crippen LogP contribution in [0.4, 0.5) is 14.5 Å². The van der Waals surface area contributed by atoms with Gasteiger partial charge in [0.1, 0.15) is 11.6 Å². The molecule has 0 radical (unpaired) electrons. The van der Waals surface area contributed by atoms with E-state index >= 15 is 0 Å². The summed E-state index contributed by atoms with van der Waals surface area (Å²) in [6, 6.07) is 6.83. The zero-order chi connectivity index (χ0) is 14.7. The molecule has 0 unspecified atom stereocenters. The Morgan fingerprint density at radius 3 is 2.65 bits per heavy atom. The van der Waals surface area contributed by atoms with Gasteiger partial charge >= 0.3 is 0 Å². The highest BCUT2D eigenvalue weighted by Gasteiger charge is 2.10. The second kappa shape index (κ2) is 6.41. The molecule has 0 heterocycles. The predicted octanol–water partition coefficient (Wildman–Crippen LogP) is 5.00. The maximum atomic E-state index is 13.5. The molecule has 0 aromatic heterocycles. The molecule has 2 nitrogen and oxygen atoms in total. The summed E-state index contributed by atoms with van der Waals surface area (Å²) >= 11 is 9.30. The van der Waals surface area contributed by atoms with Gasteiger partial charge in [-0.3, -0.25) is 0 Å². The highest BCUT2D eigenvalue weighted by molar-refractivity contribution is 9.10. The molecule has 0 saturated heterocycles. The molecule has 2 aromatic rings. The molecule has 0 spiro atoms. The number of anilines is 1.